The van der Waals surface area contributed by atoms with Crippen LogP contribution in [0.3, 0.4) is 0 Å². The smallest absolute Gasteiger partial charge is 0.241 e. The lowest BCUT2D eigenvalue weighted by Crippen LogP contribution is -2.28. The summed E-state index contributed by atoms with van der Waals surface area (Å²) in [5, 5.41) is 2.50. The summed E-state index contributed by atoms with van der Waals surface area (Å²) in [5.74, 6) is 1.22. The van der Waals surface area contributed by atoms with Crippen LogP contribution < -0.4 is 9.62 Å². The highest BCUT2D eigenvalue weighted by Gasteiger charge is 2.19. The fourth-order valence-electron chi connectivity index (χ4n) is 3.37. The van der Waals surface area contributed by atoms with E-state index in [-0.39, 0.29) is 17.5 Å². The van der Waals surface area contributed by atoms with E-state index in [4.69, 9.17) is 0 Å². The molecule has 1 heterocycles. The topological polar surface area (TPSA) is 75.2 Å². The first-order chi connectivity index (χ1) is 14.4. The van der Waals surface area contributed by atoms with Gasteiger partial charge in [0, 0.05) is 23.9 Å². The molecule has 0 unspecified atom stereocenters. The van der Waals surface area contributed by atoms with E-state index in [1.807, 2.05) is 61.6 Å². The van der Waals surface area contributed by atoms with Crippen molar-refractivity contribution in [3.8, 4) is 0 Å². The number of aromatic nitrogens is 2. The van der Waals surface area contributed by atoms with Crippen LogP contribution in [0, 0.1) is 0 Å². The minimum absolute atomic E-state index is 0.00925. The Bertz CT molecular complexity index is 1310. The van der Waals surface area contributed by atoms with Gasteiger partial charge < -0.3 is 4.90 Å². The molecule has 0 aliphatic rings. The molecule has 4 aromatic rings. The first-order valence-corrected chi connectivity index (χ1v) is 11.3. The average molecular weight is 421 g/mol. The summed E-state index contributed by atoms with van der Waals surface area (Å²) in [5.41, 5.74) is 0.786. The molecule has 7 heteroatoms. The second-order valence-electron chi connectivity index (χ2n) is 7.49. The van der Waals surface area contributed by atoms with Gasteiger partial charge in [-0.15, -0.1) is 0 Å². The highest BCUT2D eigenvalue weighted by molar-refractivity contribution is 7.89. The standard InChI is InChI=1S/C23H24N4O2S/c1-16(2)27(3)23-19-12-6-7-13-20(19)25-22(26-23)15-24-30(28,29)21-14-8-10-17-9-4-5-11-18(17)21/h4-14,16,24H,15H2,1-3H3. The Morgan fingerprint density at radius 3 is 2.33 bits per heavy atom. The van der Waals surface area contributed by atoms with Crippen molar-refractivity contribution < 1.29 is 8.42 Å². The maximum atomic E-state index is 13.0. The molecule has 4 rings (SSSR count). The zero-order valence-corrected chi connectivity index (χ0v) is 18.0. The van der Waals surface area contributed by atoms with E-state index < -0.39 is 10.0 Å². The first kappa shape index (κ1) is 20.3. The predicted octanol–water partition coefficient (Wildman–Crippen LogP) is 4.11. The first-order valence-electron chi connectivity index (χ1n) is 9.83. The number of fused-ring (bicyclic) bond motifs is 2. The van der Waals surface area contributed by atoms with Gasteiger partial charge in [-0.2, -0.15) is 0 Å². The van der Waals surface area contributed by atoms with Gasteiger partial charge in [-0.25, -0.2) is 23.1 Å². The molecular formula is C23H24N4O2S. The molecule has 1 N–H and O–H groups in total. The Labute approximate surface area is 176 Å². The van der Waals surface area contributed by atoms with Crippen molar-refractivity contribution in [2.45, 2.75) is 31.3 Å². The molecule has 154 valence electrons. The quantitative estimate of drug-likeness (QED) is 0.508. The van der Waals surface area contributed by atoms with E-state index in [0.29, 0.717) is 11.2 Å². The van der Waals surface area contributed by atoms with Crippen LogP contribution in [-0.2, 0) is 16.6 Å². The van der Waals surface area contributed by atoms with Crippen LogP contribution in [0.1, 0.15) is 19.7 Å². The second kappa shape index (κ2) is 8.01. The maximum absolute atomic E-state index is 13.0. The molecule has 30 heavy (non-hydrogen) atoms. The number of para-hydroxylation sites is 1. The average Bonchev–Trinajstić information content (AvgIpc) is 2.76. The number of hydrogen-bond donors (Lipinski definition) is 1. The molecule has 0 bridgehead atoms. The molecule has 0 aliphatic heterocycles. The van der Waals surface area contributed by atoms with E-state index in [1.165, 1.54) is 0 Å². The summed E-state index contributed by atoms with van der Waals surface area (Å²) in [6.45, 7) is 4.18. The van der Waals surface area contributed by atoms with Crippen molar-refractivity contribution in [3.63, 3.8) is 0 Å². The molecular weight excluding hydrogens is 396 g/mol. The largest absolute Gasteiger partial charge is 0.357 e. The Hall–Kier alpha value is -3.03. The molecule has 6 nitrogen and oxygen atoms in total. The lowest BCUT2D eigenvalue weighted by Gasteiger charge is -2.24. The summed E-state index contributed by atoms with van der Waals surface area (Å²) in [4.78, 5) is 11.6. The van der Waals surface area contributed by atoms with Crippen LogP contribution in [0.5, 0.6) is 0 Å². The van der Waals surface area contributed by atoms with E-state index in [2.05, 4.69) is 33.4 Å². The minimum atomic E-state index is -3.73. The summed E-state index contributed by atoms with van der Waals surface area (Å²) in [6, 6.07) is 20.7. The van der Waals surface area contributed by atoms with Crippen molar-refractivity contribution in [1.29, 1.82) is 0 Å². The number of nitrogens with one attached hydrogen (secondary N) is 1. The van der Waals surface area contributed by atoms with Crippen LogP contribution >= 0.6 is 0 Å². The van der Waals surface area contributed by atoms with Crippen LogP contribution in [0.2, 0.25) is 0 Å². The highest BCUT2D eigenvalue weighted by atomic mass is 32.2. The normalized spacial score (nSPS) is 12.0. The minimum Gasteiger partial charge on any atom is -0.357 e. The van der Waals surface area contributed by atoms with Crippen LogP contribution in [0.25, 0.3) is 21.7 Å². The maximum Gasteiger partial charge on any atom is 0.241 e. The van der Waals surface area contributed by atoms with Gasteiger partial charge >= 0.3 is 0 Å². The van der Waals surface area contributed by atoms with Gasteiger partial charge in [0.15, 0.2) is 0 Å². The van der Waals surface area contributed by atoms with Crippen LogP contribution in [0.15, 0.2) is 71.6 Å². The fourth-order valence-corrected chi connectivity index (χ4v) is 4.57. The lowest BCUT2D eigenvalue weighted by molar-refractivity contribution is 0.580. The van der Waals surface area contributed by atoms with Gasteiger partial charge in [0.25, 0.3) is 0 Å². The Kier molecular flexibility index (Phi) is 5.40. The Morgan fingerprint density at radius 2 is 1.57 bits per heavy atom. The van der Waals surface area contributed by atoms with Crippen LogP contribution in [-0.4, -0.2) is 31.5 Å². The van der Waals surface area contributed by atoms with Gasteiger partial charge in [-0.1, -0.05) is 48.5 Å². The van der Waals surface area contributed by atoms with Gasteiger partial charge in [-0.3, -0.25) is 0 Å². The van der Waals surface area contributed by atoms with E-state index in [9.17, 15) is 8.42 Å². The molecule has 0 saturated carbocycles. The molecule has 0 radical (unpaired) electrons. The van der Waals surface area contributed by atoms with Gasteiger partial charge in [0.2, 0.25) is 10.0 Å². The zero-order valence-electron chi connectivity index (χ0n) is 17.2. The number of anilines is 1. The SMILES string of the molecule is CC(C)N(C)c1nc(CNS(=O)(=O)c2cccc3ccccc23)nc2ccccc12. The van der Waals surface area contributed by atoms with Crippen molar-refractivity contribution >= 4 is 37.5 Å². The summed E-state index contributed by atoms with van der Waals surface area (Å²) >= 11 is 0. The Balaban J connectivity index is 1.69. The summed E-state index contributed by atoms with van der Waals surface area (Å²) in [6.07, 6.45) is 0. The molecule has 0 amide bonds. The van der Waals surface area contributed by atoms with Crippen LogP contribution in [0.4, 0.5) is 5.82 Å². The van der Waals surface area contributed by atoms with Crippen molar-refractivity contribution in [2.75, 3.05) is 11.9 Å². The van der Waals surface area contributed by atoms with Gasteiger partial charge in [0.05, 0.1) is 17.0 Å². The fraction of sp³-hybridized carbons (Fsp3) is 0.217. The molecule has 0 spiro atoms. The van der Waals surface area contributed by atoms with Crippen molar-refractivity contribution in [2.24, 2.45) is 0 Å². The molecule has 0 atom stereocenters. The number of rotatable bonds is 6. The lowest BCUT2D eigenvalue weighted by atomic mass is 10.1. The summed E-state index contributed by atoms with van der Waals surface area (Å²) < 4.78 is 28.7. The van der Waals surface area contributed by atoms with Crippen molar-refractivity contribution in [3.05, 3.63) is 72.6 Å². The zero-order chi connectivity index (χ0) is 21.3. The number of sulfonamides is 1. The number of nitrogens with zero attached hydrogens (tertiary/aromatic N) is 3. The van der Waals surface area contributed by atoms with Gasteiger partial charge in [-0.05, 0) is 37.4 Å². The van der Waals surface area contributed by atoms with Gasteiger partial charge in [0.1, 0.15) is 11.6 Å². The van der Waals surface area contributed by atoms with Crippen molar-refractivity contribution in [1.82, 2.24) is 14.7 Å². The predicted molar refractivity (Wildman–Crippen MR) is 121 cm³/mol. The monoisotopic (exact) mass is 420 g/mol. The highest BCUT2D eigenvalue weighted by Crippen LogP contribution is 2.25. The third-order valence-corrected chi connectivity index (χ3v) is 6.66. The third kappa shape index (κ3) is 3.86. The molecule has 0 saturated heterocycles. The van der Waals surface area contributed by atoms with E-state index in [0.717, 1.165) is 22.1 Å². The third-order valence-electron chi connectivity index (χ3n) is 5.20. The van der Waals surface area contributed by atoms with E-state index >= 15 is 0 Å². The second-order valence-corrected chi connectivity index (χ2v) is 9.22. The van der Waals surface area contributed by atoms with E-state index in [1.54, 1.807) is 12.1 Å². The Morgan fingerprint density at radius 1 is 0.900 bits per heavy atom. The molecule has 3 aromatic carbocycles. The molecule has 1 aromatic heterocycles. The number of hydrogen-bond acceptors (Lipinski definition) is 5. The number of benzene rings is 3. The summed E-state index contributed by atoms with van der Waals surface area (Å²) in [7, 11) is -1.76. The molecule has 0 fully saturated rings. The molecule has 0 aliphatic carbocycles.